The van der Waals surface area contributed by atoms with Gasteiger partial charge in [-0.15, -0.1) is 0 Å². The van der Waals surface area contributed by atoms with Crippen molar-refractivity contribution < 1.29 is 33.4 Å². The van der Waals surface area contributed by atoms with Crippen LogP contribution in [0.3, 0.4) is 0 Å². The van der Waals surface area contributed by atoms with E-state index < -0.39 is 35.3 Å². The van der Waals surface area contributed by atoms with Crippen LogP contribution in [0.4, 0.5) is 9.52 Å². The van der Waals surface area contributed by atoms with Crippen molar-refractivity contribution in [1.29, 1.82) is 0 Å². The molecular formula is C28H27FN2O6S. The lowest BCUT2D eigenvalue weighted by molar-refractivity contribution is -0.132. The predicted molar refractivity (Wildman–Crippen MR) is 141 cm³/mol. The van der Waals surface area contributed by atoms with Crippen molar-refractivity contribution in [3.63, 3.8) is 0 Å². The molecule has 0 saturated carbocycles. The molecule has 38 heavy (non-hydrogen) atoms. The van der Waals surface area contributed by atoms with Crippen molar-refractivity contribution in [1.82, 2.24) is 4.98 Å². The van der Waals surface area contributed by atoms with Crippen LogP contribution < -0.4 is 9.64 Å². The van der Waals surface area contributed by atoms with Gasteiger partial charge in [-0.3, -0.25) is 14.5 Å². The number of halogens is 1. The molecule has 2 heterocycles. The smallest absolute Gasteiger partial charge is 0.350 e. The van der Waals surface area contributed by atoms with Gasteiger partial charge in [-0.1, -0.05) is 36.8 Å². The number of carbonyl (C=O) groups is 3. The molecule has 1 aliphatic rings. The molecule has 1 unspecified atom stereocenters. The van der Waals surface area contributed by atoms with Crippen LogP contribution in [-0.2, 0) is 14.3 Å². The number of rotatable bonds is 9. The summed E-state index contributed by atoms with van der Waals surface area (Å²) in [4.78, 5) is 44.6. The van der Waals surface area contributed by atoms with E-state index in [9.17, 15) is 23.9 Å². The molecule has 0 spiro atoms. The Hall–Kier alpha value is -4.05. The molecule has 1 atom stereocenters. The third-order valence-electron chi connectivity index (χ3n) is 5.96. The molecule has 0 aliphatic carbocycles. The van der Waals surface area contributed by atoms with Crippen molar-refractivity contribution in [3.05, 3.63) is 81.6 Å². The first-order valence-electron chi connectivity index (χ1n) is 12.2. The summed E-state index contributed by atoms with van der Waals surface area (Å²) in [5.41, 5.74) is 0.651. The number of aliphatic hydroxyl groups excluding tert-OH is 1. The van der Waals surface area contributed by atoms with E-state index in [1.54, 1.807) is 44.2 Å². The summed E-state index contributed by atoms with van der Waals surface area (Å²) in [5, 5.41) is 11.3. The molecule has 1 N–H and O–H groups in total. The minimum atomic E-state index is -1.17. The van der Waals surface area contributed by atoms with Gasteiger partial charge >= 0.3 is 11.9 Å². The Labute approximate surface area is 223 Å². The number of Topliss-reactive ketones (excluding diaryl/α,β-unsaturated/α-hetero) is 1. The van der Waals surface area contributed by atoms with E-state index in [4.69, 9.17) is 9.47 Å². The molecule has 0 radical (unpaired) electrons. The average molecular weight is 539 g/mol. The highest BCUT2D eigenvalue weighted by molar-refractivity contribution is 7.17. The largest absolute Gasteiger partial charge is 0.507 e. The van der Waals surface area contributed by atoms with Crippen molar-refractivity contribution in [2.45, 2.75) is 39.7 Å². The Morgan fingerprint density at radius 3 is 2.55 bits per heavy atom. The number of hydrogen-bond donors (Lipinski definition) is 1. The van der Waals surface area contributed by atoms with E-state index in [1.807, 2.05) is 0 Å². The topological polar surface area (TPSA) is 106 Å². The number of nitrogens with zero attached hydrogens (tertiary/aromatic N) is 2. The van der Waals surface area contributed by atoms with E-state index >= 15 is 0 Å². The number of aromatic nitrogens is 1. The first kappa shape index (κ1) is 27.0. The molecule has 3 aromatic rings. The minimum Gasteiger partial charge on any atom is -0.507 e. The van der Waals surface area contributed by atoms with Crippen LogP contribution in [0.5, 0.6) is 5.75 Å². The minimum absolute atomic E-state index is 0.0561. The Morgan fingerprint density at radius 2 is 1.89 bits per heavy atom. The van der Waals surface area contributed by atoms with Crippen LogP contribution in [-0.4, -0.2) is 41.0 Å². The Kier molecular flexibility index (Phi) is 8.21. The number of aliphatic hydroxyl groups is 1. The second-order valence-corrected chi connectivity index (χ2v) is 9.56. The highest BCUT2D eigenvalue weighted by atomic mass is 32.1. The Balaban J connectivity index is 1.81. The quantitative estimate of drug-likeness (QED) is 0.125. The summed E-state index contributed by atoms with van der Waals surface area (Å²) in [6.45, 7) is 6.01. The number of benzene rings is 2. The molecule has 1 aliphatic heterocycles. The molecular weight excluding hydrogens is 511 g/mol. The van der Waals surface area contributed by atoms with Gasteiger partial charge < -0.3 is 14.6 Å². The molecule has 0 bridgehead atoms. The SMILES string of the molecule is CCCCOc1ccc(/C(O)=C2/C(=O)C(=O)N(c3nc(C)c(C(=O)OCC)s3)C2c2cccc(F)c2)cc1. The summed E-state index contributed by atoms with van der Waals surface area (Å²) in [7, 11) is 0. The molecule has 2 aromatic carbocycles. The normalized spacial score (nSPS) is 16.6. The number of ketones is 1. The van der Waals surface area contributed by atoms with E-state index in [-0.39, 0.29) is 33.3 Å². The third kappa shape index (κ3) is 5.31. The fourth-order valence-corrected chi connectivity index (χ4v) is 5.08. The first-order chi connectivity index (χ1) is 18.3. The average Bonchev–Trinajstić information content (AvgIpc) is 3.41. The number of anilines is 1. The number of hydrogen-bond acceptors (Lipinski definition) is 8. The van der Waals surface area contributed by atoms with Crippen LogP contribution in [0.2, 0.25) is 0 Å². The number of amides is 1. The molecule has 1 fully saturated rings. The molecule has 198 valence electrons. The van der Waals surface area contributed by atoms with Crippen molar-refractivity contribution in [2.75, 3.05) is 18.1 Å². The van der Waals surface area contributed by atoms with E-state index in [2.05, 4.69) is 11.9 Å². The molecule has 1 aromatic heterocycles. The van der Waals surface area contributed by atoms with Crippen molar-refractivity contribution in [2.24, 2.45) is 0 Å². The highest BCUT2D eigenvalue weighted by Gasteiger charge is 2.48. The second-order valence-electron chi connectivity index (χ2n) is 8.58. The van der Waals surface area contributed by atoms with Gasteiger partial charge in [0.05, 0.1) is 30.5 Å². The highest BCUT2D eigenvalue weighted by Crippen LogP contribution is 2.44. The van der Waals surface area contributed by atoms with Crippen LogP contribution in [0, 0.1) is 12.7 Å². The molecule has 1 amide bonds. The van der Waals surface area contributed by atoms with Crippen LogP contribution >= 0.6 is 11.3 Å². The monoisotopic (exact) mass is 538 g/mol. The van der Waals surface area contributed by atoms with Crippen LogP contribution in [0.15, 0.2) is 54.1 Å². The fourth-order valence-electron chi connectivity index (χ4n) is 4.09. The van der Waals surface area contributed by atoms with Crippen LogP contribution in [0.1, 0.15) is 59.2 Å². The van der Waals surface area contributed by atoms with Crippen LogP contribution in [0.25, 0.3) is 5.76 Å². The summed E-state index contributed by atoms with van der Waals surface area (Å²) in [5.74, 6) is -2.91. The zero-order valence-corrected chi connectivity index (χ0v) is 22.0. The number of carbonyl (C=O) groups excluding carboxylic acids is 3. The van der Waals surface area contributed by atoms with Crippen molar-refractivity contribution in [3.8, 4) is 5.75 Å². The molecule has 8 nitrogen and oxygen atoms in total. The fraction of sp³-hybridized carbons (Fsp3) is 0.286. The number of thiazole rings is 1. The lowest BCUT2D eigenvalue weighted by Crippen LogP contribution is -2.29. The third-order valence-corrected chi connectivity index (χ3v) is 7.09. The summed E-state index contributed by atoms with van der Waals surface area (Å²) >= 11 is 0.887. The van der Waals surface area contributed by atoms with E-state index in [0.717, 1.165) is 29.1 Å². The van der Waals surface area contributed by atoms with Gasteiger partial charge in [0.1, 0.15) is 22.2 Å². The van der Waals surface area contributed by atoms with Gasteiger partial charge in [0, 0.05) is 5.56 Å². The van der Waals surface area contributed by atoms with Gasteiger partial charge in [0.2, 0.25) is 0 Å². The maximum Gasteiger partial charge on any atom is 0.350 e. The predicted octanol–water partition coefficient (Wildman–Crippen LogP) is 5.57. The number of ether oxygens (including phenoxy) is 2. The molecule has 10 heteroatoms. The van der Waals surface area contributed by atoms with E-state index in [1.165, 1.54) is 18.2 Å². The zero-order chi connectivity index (χ0) is 27.4. The van der Waals surface area contributed by atoms with Gasteiger partial charge in [0.15, 0.2) is 5.13 Å². The van der Waals surface area contributed by atoms with Gasteiger partial charge in [-0.05, 0) is 62.2 Å². The van der Waals surface area contributed by atoms with E-state index in [0.29, 0.717) is 18.1 Å². The maximum atomic E-state index is 14.3. The molecule has 1 saturated heterocycles. The maximum absolute atomic E-state index is 14.3. The lowest BCUT2D eigenvalue weighted by atomic mass is 9.95. The van der Waals surface area contributed by atoms with Crippen molar-refractivity contribution >= 4 is 39.9 Å². The Morgan fingerprint density at radius 1 is 1.16 bits per heavy atom. The first-order valence-corrected chi connectivity index (χ1v) is 13.0. The summed E-state index contributed by atoms with van der Waals surface area (Å²) in [6.07, 6.45) is 1.88. The Bertz CT molecular complexity index is 1400. The zero-order valence-electron chi connectivity index (χ0n) is 21.2. The summed E-state index contributed by atoms with van der Waals surface area (Å²) in [6, 6.07) is 10.7. The lowest BCUT2D eigenvalue weighted by Gasteiger charge is -2.23. The van der Waals surface area contributed by atoms with Gasteiger partial charge in [-0.2, -0.15) is 0 Å². The number of aryl methyl sites for hydroxylation is 1. The van der Waals surface area contributed by atoms with Gasteiger partial charge in [0.25, 0.3) is 5.78 Å². The molecule has 4 rings (SSSR count). The van der Waals surface area contributed by atoms with Gasteiger partial charge in [-0.25, -0.2) is 14.2 Å². The number of esters is 1. The number of unbranched alkanes of at least 4 members (excludes halogenated alkanes) is 1. The standard InChI is InChI=1S/C28H27FN2O6S/c1-4-6-14-37-20-12-10-17(11-13-20)23(32)21-22(18-8-7-9-19(29)15-18)31(26(34)24(21)33)28-30-16(3)25(38-28)27(35)36-5-2/h7-13,15,22,32H,4-6,14H2,1-3H3/b23-21-. The summed E-state index contributed by atoms with van der Waals surface area (Å²) < 4.78 is 25.0. The second kappa shape index (κ2) is 11.6.